The molecule has 0 atom stereocenters. The zero-order valence-corrected chi connectivity index (χ0v) is 12.7. The Hall–Kier alpha value is -1.29. The molecule has 0 radical (unpaired) electrons. The van der Waals surface area contributed by atoms with Crippen LogP contribution in [0.4, 0.5) is 5.69 Å². The van der Waals surface area contributed by atoms with Crippen molar-refractivity contribution in [2.45, 2.75) is 39.2 Å². The van der Waals surface area contributed by atoms with Crippen molar-refractivity contribution in [2.24, 2.45) is 0 Å². The van der Waals surface area contributed by atoms with Crippen molar-refractivity contribution in [3.63, 3.8) is 0 Å². The molecular formula is C15H18BrN3. The van der Waals surface area contributed by atoms with Crippen LogP contribution in [0.25, 0.3) is 0 Å². The summed E-state index contributed by atoms with van der Waals surface area (Å²) in [6.45, 7) is 2.90. The quantitative estimate of drug-likeness (QED) is 0.861. The molecule has 1 aromatic carbocycles. The predicted octanol–water partition coefficient (Wildman–Crippen LogP) is 3.46. The number of halogens is 1. The third kappa shape index (κ3) is 2.29. The van der Waals surface area contributed by atoms with E-state index in [1.807, 2.05) is 18.2 Å². The van der Waals surface area contributed by atoms with Gasteiger partial charge in [-0.1, -0.05) is 22.0 Å². The van der Waals surface area contributed by atoms with E-state index in [9.17, 15) is 0 Å². The molecule has 0 fully saturated rings. The van der Waals surface area contributed by atoms with Gasteiger partial charge in [-0.15, -0.1) is 0 Å². The number of nitrogen functional groups attached to an aromatic ring is 1. The molecule has 0 amide bonds. The molecule has 0 spiro atoms. The van der Waals surface area contributed by atoms with Gasteiger partial charge in [0.05, 0.1) is 12.2 Å². The van der Waals surface area contributed by atoms with Crippen LogP contribution in [0.1, 0.15) is 35.6 Å². The van der Waals surface area contributed by atoms with E-state index in [0.717, 1.165) is 40.9 Å². The summed E-state index contributed by atoms with van der Waals surface area (Å²) >= 11 is 3.60. The standard InChI is InChI=1S/C15H18BrN3/c1-10-18-14-7-2-3-8-15(14)19(10)9-11-12(16)5-4-6-13(11)17/h4-6H,2-3,7-9,17H2,1H3. The van der Waals surface area contributed by atoms with E-state index in [1.54, 1.807) is 0 Å². The van der Waals surface area contributed by atoms with Crippen molar-refractivity contribution in [3.05, 3.63) is 45.4 Å². The molecular weight excluding hydrogens is 302 g/mol. The Balaban J connectivity index is 2.02. The summed E-state index contributed by atoms with van der Waals surface area (Å²) in [5.41, 5.74) is 10.8. The first-order chi connectivity index (χ1) is 9.16. The zero-order chi connectivity index (χ0) is 13.4. The van der Waals surface area contributed by atoms with Crippen LogP contribution in [0.2, 0.25) is 0 Å². The average molecular weight is 320 g/mol. The fourth-order valence-electron chi connectivity index (χ4n) is 2.85. The SMILES string of the molecule is Cc1nc2c(n1Cc1c(N)cccc1Br)CCCC2. The van der Waals surface area contributed by atoms with E-state index in [-0.39, 0.29) is 0 Å². The number of anilines is 1. The molecule has 2 aromatic rings. The minimum Gasteiger partial charge on any atom is -0.398 e. The Morgan fingerprint density at radius 2 is 2.11 bits per heavy atom. The van der Waals surface area contributed by atoms with Gasteiger partial charge in [0.2, 0.25) is 0 Å². The average Bonchev–Trinajstić information content (AvgIpc) is 2.70. The number of hydrogen-bond acceptors (Lipinski definition) is 2. The number of benzene rings is 1. The van der Waals surface area contributed by atoms with E-state index in [2.05, 4.69) is 27.4 Å². The van der Waals surface area contributed by atoms with Crippen LogP contribution in [-0.2, 0) is 19.4 Å². The highest BCUT2D eigenvalue weighted by molar-refractivity contribution is 9.10. The van der Waals surface area contributed by atoms with Crippen LogP contribution < -0.4 is 5.73 Å². The number of nitrogens with two attached hydrogens (primary N) is 1. The molecule has 1 aromatic heterocycles. The van der Waals surface area contributed by atoms with Crippen LogP contribution >= 0.6 is 15.9 Å². The Bertz CT molecular complexity index is 596. The third-order valence-corrected chi connectivity index (χ3v) is 4.64. The molecule has 0 saturated carbocycles. The van der Waals surface area contributed by atoms with Gasteiger partial charge in [-0.3, -0.25) is 0 Å². The number of fused-ring (bicyclic) bond motifs is 1. The maximum absolute atomic E-state index is 6.10. The first kappa shape index (κ1) is 12.7. The van der Waals surface area contributed by atoms with Gasteiger partial charge in [-0.05, 0) is 44.7 Å². The third-order valence-electron chi connectivity index (χ3n) is 3.89. The van der Waals surface area contributed by atoms with Crippen LogP contribution in [0.15, 0.2) is 22.7 Å². The molecule has 0 aliphatic heterocycles. The fourth-order valence-corrected chi connectivity index (χ4v) is 3.35. The fraction of sp³-hybridized carbons (Fsp3) is 0.400. The maximum Gasteiger partial charge on any atom is 0.106 e. The van der Waals surface area contributed by atoms with E-state index < -0.39 is 0 Å². The first-order valence-corrected chi connectivity index (χ1v) is 7.54. The second-order valence-corrected chi connectivity index (χ2v) is 6.01. The second kappa shape index (κ2) is 5.00. The van der Waals surface area contributed by atoms with E-state index in [1.165, 1.54) is 24.2 Å². The number of aromatic nitrogens is 2. The largest absolute Gasteiger partial charge is 0.398 e. The summed E-state index contributed by atoms with van der Waals surface area (Å²) in [7, 11) is 0. The van der Waals surface area contributed by atoms with Crippen molar-refractivity contribution >= 4 is 21.6 Å². The lowest BCUT2D eigenvalue weighted by molar-refractivity contribution is 0.624. The van der Waals surface area contributed by atoms with Gasteiger partial charge in [0.15, 0.2) is 0 Å². The number of nitrogens with zero attached hydrogens (tertiary/aromatic N) is 2. The molecule has 2 N–H and O–H groups in total. The molecule has 1 aliphatic carbocycles. The highest BCUT2D eigenvalue weighted by Crippen LogP contribution is 2.27. The molecule has 1 aliphatic rings. The van der Waals surface area contributed by atoms with E-state index >= 15 is 0 Å². The molecule has 100 valence electrons. The molecule has 19 heavy (non-hydrogen) atoms. The summed E-state index contributed by atoms with van der Waals surface area (Å²) < 4.78 is 3.40. The van der Waals surface area contributed by atoms with Crippen LogP contribution in [0.3, 0.4) is 0 Å². The molecule has 3 rings (SSSR count). The maximum atomic E-state index is 6.10. The van der Waals surface area contributed by atoms with Crippen molar-refractivity contribution in [3.8, 4) is 0 Å². The smallest absolute Gasteiger partial charge is 0.106 e. The van der Waals surface area contributed by atoms with Gasteiger partial charge in [-0.2, -0.15) is 0 Å². The molecule has 0 unspecified atom stereocenters. The Labute approximate surface area is 122 Å². The summed E-state index contributed by atoms with van der Waals surface area (Å²) in [5.74, 6) is 1.10. The van der Waals surface area contributed by atoms with Gasteiger partial charge in [0.1, 0.15) is 5.82 Å². The number of rotatable bonds is 2. The summed E-state index contributed by atoms with van der Waals surface area (Å²) in [4.78, 5) is 4.71. The normalized spacial score (nSPS) is 14.4. The highest BCUT2D eigenvalue weighted by atomic mass is 79.9. The Morgan fingerprint density at radius 3 is 2.89 bits per heavy atom. The summed E-state index contributed by atoms with van der Waals surface area (Å²) in [5, 5.41) is 0. The lowest BCUT2D eigenvalue weighted by Crippen LogP contribution is -2.11. The summed E-state index contributed by atoms with van der Waals surface area (Å²) in [6, 6.07) is 5.97. The molecule has 4 heteroatoms. The van der Waals surface area contributed by atoms with Crippen molar-refractivity contribution < 1.29 is 0 Å². The van der Waals surface area contributed by atoms with E-state index in [0.29, 0.717) is 0 Å². The molecule has 1 heterocycles. The van der Waals surface area contributed by atoms with Crippen LogP contribution in [0, 0.1) is 6.92 Å². The van der Waals surface area contributed by atoms with Gasteiger partial charge < -0.3 is 10.3 Å². The number of hydrogen-bond donors (Lipinski definition) is 1. The number of imidazole rings is 1. The number of aryl methyl sites for hydroxylation is 2. The second-order valence-electron chi connectivity index (χ2n) is 5.15. The van der Waals surface area contributed by atoms with Gasteiger partial charge in [0, 0.05) is 21.4 Å². The molecule has 0 bridgehead atoms. The first-order valence-electron chi connectivity index (χ1n) is 6.74. The van der Waals surface area contributed by atoms with Crippen molar-refractivity contribution in [1.29, 1.82) is 0 Å². The Kier molecular flexibility index (Phi) is 3.35. The lowest BCUT2D eigenvalue weighted by atomic mass is 10.0. The topological polar surface area (TPSA) is 43.8 Å². The van der Waals surface area contributed by atoms with Gasteiger partial charge in [-0.25, -0.2) is 4.98 Å². The predicted molar refractivity (Wildman–Crippen MR) is 81.3 cm³/mol. The minimum absolute atomic E-state index is 0.807. The van der Waals surface area contributed by atoms with Crippen LogP contribution in [0.5, 0.6) is 0 Å². The monoisotopic (exact) mass is 319 g/mol. The van der Waals surface area contributed by atoms with Gasteiger partial charge in [0.25, 0.3) is 0 Å². The van der Waals surface area contributed by atoms with Crippen molar-refractivity contribution in [2.75, 3.05) is 5.73 Å². The Morgan fingerprint density at radius 1 is 1.32 bits per heavy atom. The lowest BCUT2D eigenvalue weighted by Gasteiger charge is -2.16. The summed E-state index contributed by atoms with van der Waals surface area (Å²) in [6.07, 6.45) is 4.79. The minimum atomic E-state index is 0.807. The van der Waals surface area contributed by atoms with Crippen molar-refractivity contribution in [1.82, 2.24) is 9.55 Å². The molecule has 3 nitrogen and oxygen atoms in total. The van der Waals surface area contributed by atoms with E-state index in [4.69, 9.17) is 10.7 Å². The van der Waals surface area contributed by atoms with Gasteiger partial charge >= 0.3 is 0 Å². The highest BCUT2D eigenvalue weighted by Gasteiger charge is 2.19. The molecule has 0 saturated heterocycles. The van der Waals surface area contributed by atoms with Crippen LogP contribution in [-0.4, -0.2) is 9.55 Å². The zero-order valence-electron chi connectivity index (χ0n) is 11.1.